The fourth-order valence-electron chi connectivity index (χ4n) is 1.82. The van der Waals surface area contributed by atoms with E-state index >= 15 is 0 Å². The normalized spacial score (nSPS) is 12.6. The van der Waals surface area contributed by atoms with Crippen LogP contribution in [0.2, 0.25) is 0 Å². The molecule has 24 heavy (non-hydrogen) atoms. The Labute approximate surface area is 140 Å². The van der Waals surface area contributed by atoms with Crippen LogP contribution in [0.4, 0.5) is 17.6 Å². The number of nitrogens with zero attached hydrogens (tertiary/aromatic N) is 1. The van der Waals surface area contributed by atoms with Crippen LogP contribution in [0, 0.1) is 15.9 Å². The van der Waals surface area contributed by atoms with Crippen LogP contribution in [0.25, 0.3) is 0 Å². The highest BCUT2D eigenvalue weighted by atomic mass is 32.2. The lowest BCUT2D eigenvalue weighted by Crippen LogP contribution is -2.10. The molecule has 0 saturated heterocycles. The van der Waals surface area contributed by atoms with Crippen LogP contribution in [0.15, 0.2) is 28.8 Å². The molecule has 1 N–H and O–H groups in total. The zero-order chi connectivity index (χ0) is 18.3. The lowest BCUT2D eigenvalue weighted by molar-refractivity contribution is -0.757. The van der Waals surface area contributed by atoms with E-state index in [1.807, 2.05) is 0 Å². The average Bonchev–Trinajstić information content (AvgIpc) is 2.49. The van der Waals surface area contributed by atoms with E-state index in [4.69, 9.17) is 0 Å². The van der Waals surface area contributed by atoms with Gasteiger partial charge in [-0.2, -0.15) is 13.2 Å². The number of hydrogen-bond acceptors (Lipinski definition) is 5. The summed E-state index contributed by atoms with van der Waals surface area (Å²) in [5.41, 5.74) is -0.425. The Hall–Kier alpha value is -1.97. The molecule has 0 spiro atoms. The summed E-state index contributed by atoms with van der Waals surface area (Å²) in [5.74, 6) is -1.01. The maximum absolute atomic E-state index is 13.1. The van der Waals surface area contributed by atoms with Gasteiger partial charge in [0.25, 0.3) is 5.09 Å². The molecule has 0 radical (unpaired) electrons. The van der Waals surface area contributed by atoms with Crippen LogP contribution >= 0.6 is 11.8 Å². The van der Waals surface area contributed by atoms with E-state index in [0.29, 0.717) is 16.7 Å². The molecule has 0 heterocycles. The van der Waals surface area contributed by atoms with Crippen LogP contribution in [0.5, 0.6) is 0 Å². The molecule has 0 atom stereocenters. The second-order valence-electron chi connectivity index (χ2n) is 4.69. The van der Waals surface area contributed by atoms with Crippen molar-refractivity contribution in [2.75, 3.05) is 13.7 Å². The fourth-order valence-corrected chi connectivity index (χ4v) is 2.95. The molecule has 0 saturated carbocycles. The highest BCUT2D eigenvalue weighted by Crippen LogP contribution is 2.36. The topological polar surface area (TPSA) is 64.4 Å². The molecular formula is C14H16F4N2O3S. The van der Waals surface area contributed by atoms with Gasteiger partial charge in [0, 0.05) is 29.8 Å². The molecule has 0 amide bonds. The maximum Gasteiger partial charge on any atom is 0.416 e. The van der Waals surface area contributed by atoms with Gasteiger partial charge in [0.1, 0.15) is 12.4 Å². The van der Waals surface area contributed by atoms with E-state index in [-0.39, 0.29) is 24.3 Å². The minimum Gasteiger partial charge on any atom is -0.391 e. The van der Waals surface area contributed by atoms with Crippen molar-refractivity contribution in [3.63, 3.8) is 0 Å². The molecule has 1 rings (SSSR count). The molecule has 1 aromatic rings. The van der Waals surface area contributed by atoms with Crippen LogP contribution in [0.1, 0.15) is 24.5 Å². The summed E-state index contributed by atoms with van der Waals surface area (Å²) in [7, 11) is 1.63. The summed E-state index contributed by atoms with van der Waals surface area (Å²) in [4.78, 5) is 15.0. The smallest absolute Gasteiger partial charge is 0.391 e. The van der Waals surface area contributed by atoms with Crippen molar-refractivity contribution in [3.8, 4) is 0 Å². The largest absolute Gasteiger partial charge is 0.416 e. The number of halogens is 4. The maximum atomic E-state index is 13.1. The van der Waals surface area contributed by atoms with Gasteiger partial charge in [0.15, 0.2) is 0 Å². The minimum atomic E-state index is -4.66. The quantitative estimate of drug-likeness (QED) is 0.425. The van der Waals surface area contributed by atoms with Crippen molar-refractivity contribution in [1.29, 1.82) is 0 Å². The van der Waals surface area contributed by atoms with Crippen LogP contribution in [-0.2, 0) is 16.8 Å². The number of allylic oxidation sites excluding steroid dienone is 1. The number of nitrogens with one attached hydrogen (secondary N) is 1. The first-order chi connectivity index (χ1) is 11.1. The molecule has 10 heteroatoms. The zero-order valence-electron chi connectivity index (χ0n) is 12.9. The summed E-state index contributed by atoms with van der Waals surface area (Å²) < 4.78 is 52.0. The van der Waals surface area contributed by atoms with Crippen molar-refractivity contribution in [3.05, 3.63) is 55.9 Å². The van der Waals surface area contributed by atoms with Crippen LogP contribution in [0.3, 0.4) is 0 Å². The SMILES string of the molecule is CN/C(C)=C(/CCO[N+](=O)[O-])SCc1ccc(F)cc1C(F)(F)F. The highest BCUT2D eigenvalue weighted by molar-refractivity contribution is 8.02. The second-order valence-corrected chi connectivity index (χ2v) is 5.76. The van der Waals surface area contributed by atoms with E-state index in [2.05, 4.69) is 10.2 Å². The molecule has 1 aromatic carbocycles. The third-order valence-electron chi connectivity index (χ3n) is 3.10. The Bertz CT molecular complexity index is 621. The molecule has 0 aliphatic rings. The number of hydrogen-bond donors (Lipinski definition) is 1. The first-order valence-corrected chi connectivity index (χ1v) is 7.77. The molecule has 0 bridgehead atoms. The Morgan fingerprint density at radius 3 is 2.62 bits per heavy atom. The lowest BCUT2D eigenvalue weighted by atomic mass is 10.1. The van der Waals surface area contributed by atoms with Crippen molar-refractivity contribution in [1.82, 2.24) is 5.32 Å². The van der Waals surface area contributed by atoms with Gasteiger partial charge in [0.2, 0.25) is 0 Å². The second kappa shape index (κ2) is 8.76. The third kappa shape index (κ3) is 6.26. The van der Waals surface area contributed by atoms with E-state index < -0.39 is 22.6 Å². The van der Waals surface area contributed by atoms with Gasteiger partial charge in [-0.3, -0.25) is 0 Å². The Morgan fingerprint density at radius 2 is 2.08 bits per heavy atom. The van der Waals surface area contributed by atoms with Gasteiger partial charge in [-0.1, -0.05) is 6.07 Å². The Balaban J connectivity index is 2.89. The number of rotatable bonds is 8. The average molecular weight is 368 g/mol. The number of thioether (sulfide) groups is 1. The van der Waals surface area contributed by atoms with Crippen molar-refractivity contribution < 1.29 is 27.5 Å². The third-order valence-corrected chi connectivity index (χ3v) is 4.41. The molecular weight excluding hydrogens is 352 g/mol. The highest BCUT2D eigenvalue weighted by Gasteiger charge is 2.33. The molecule has 0 aromatic heterocycles. The molecule has 0 unspecified atom stereocenters. The number of alkyl halides is 3. The molecule has 0 fully saturated rings. The van der Waals surface area contributed by atoms with Crippen LogP contribution < -0.4 is 5.32 Å². The molecule has 134 valence electrons. The standard InChI is InChI=1S/C14H16F4N2O3S/c1-9(19-2)13(5-6-23-20(21)22)24-8-10-3-4-11(15)7-12(10)14(16,17)18/h3-4,7,19H,5-6,8H2,1-2H3/b13-9-. The number of benzene rings is 1. The van der Waals surface area contributed by atoms with Gasteiger partial charge in [-0.15, -0.1) is 21.9 Å². The predicted octanol–water partition coefficient (Wildman–Crippen LogP) is 4.13. The summed E-state index contributed by atoms with van der Waals surface area (Å²) in [6.07, 6.45) is -4.49. The summed E-state index contributed by atoms with van der Waals surface area (Å²) >= 11 is 1.09. The predicted molar refractivity (Wildman–Crippen MR) is 82.0 cm³/mol. The lowest BCUT2D eigenvalue weighted by Gasteiger charge is -2.15. The Morgan fingerprint density at radius 1 is 1.42 bits per heavy atom. The van der Waals surface area contributed by atoms with Gasteiger partial charge in [0.05, 0.1) is 5.56 Å². The monoisotopic (exact) mass is 368 g/mol. The molecule has 0 aliphatic heterocycles. The first kappa shape index (κ1) is 20.1. The van der Waals surface area contributed by atoms with E-state index in [1.165, 1.54) is 0 Å². The Kier molecular flexibility index (Phi) is 7.33. The fraction of sp³-hybridized carbons (Fsp3) is 0.429. The van der Waals surface area contributed by atoms with Crippen molar-refractivity contribution in [2.45, 2.75) is 25.3 Å². The first-order valence-electron chi connectivity index (χ1n) is 6.78. The van der Waals surface area contributed by atoms with Gasteiger partial charge in [-0.25, -0.2) is 4.39 Å². The van der Waals surface area contributed by atoms with Crippen molar-refractivity contribution >= 4 is 11.8 Å². The summed E-state index contributed by atoms with van der Waals surface area (Å²) in [5, 5.41) is 12.1. The van der Waals surface area contributed by atoms with Crippen molar-refractivity contribution in [2.24, 2.45) is 0 Å². The van der Waals surface area contributed by atoms with Gasteiger partial charge >= 0.3 is 6.18 Å². The van der Waals surface area contributed by atoms with E-state index in [0.717, 1.165) is 23.9 Å². The van der Waals surface area contributed by atoms with Gasteiger partial charge in [-0.05, 0) is 24.6 Å². The molecule has 0 aliphatic carbocycles. The summed E-state index contributed by atoms with van der Waals surface area (Å²) in [6, 6.07) is 2.51. The van der Waals surface area contributed by atoms with E-state index in [1.54, 1.807) is 14.0 Å². The molecule has 5 nitrogen and oxygen atoms in total. The van der Waals surface area contributed by atoms with E-state index in [9.17, 15) is 27.7 Å². The minimum absolute atomic E-state index is 0.0536. The summed E-state index contributed by atoms with van der Waals surface area (Å²) in [6.45, 7) is 1.49. The van der Waals surface area contributed by atoms with Crippen LogP contribution in [-0.4, -0.2) is 18.7 Å². The van der Waals surface area contributed by atoms with Gasteiger partial charge < -0.3 is 10.2 Å². The zero-order valence-corrected chi connectivity index (χ0v) is 13.8.